The van der Waals surface area contributed by atoms with Gasteiger partial charge in [0, 0.05) is 41.6 Å². The Kier molecular flexibility index (Phi) is 3.37. The van der Waals surface area contributed by atoms with Gasteiger partial charge in [-0.1, -0.05) is 0 Å². The van der Waals surface area contributed by atoms with E-state index in [1.54, 1.807) is 4.90 Å². The summed E-state index contributed by atoms with van der Waals surface area (Å²) in [6.45, 7) is 0.860. The van der Waals surface area contributed by atoms with Gasteiger partial charge < -0.3 is 10.0 Å². The first-order valence-corrected chi connectivity index (χ1v) is 6.56. The zero-order valence-electron chi connectivity index (χ0n) is 8.93. The molecule has 7 heteroatoms. The molecule has 2 rings (SSSR count). The van der Waals surface area contributed by atoms with E-state index >= 15 is 0 Å². The highest BCUT2D eigenvalue weighted by molar-refractivity contribution is 7.85. The minimum absolute atomic E-state index is 0.0293. The SMILES string of the molecule is O=C(O)c1ccnc(N2CCS(=O)CC2)c1F. The first-order valence-electron chi connectivity index (χ1n) is 5.07. The zero-order valence-corrected chi connectivity index (χ0v) is 9.74. The van der Waals surface area contributed by atoms with Gasteiger partial charge in [-0.15, -0.1) is 0 Å². The van der Waals surface area contributed by atoms with Gasteiger partial charge in [0.15, 0.2) is 11.6 Å². The molecule has 1 aliphatic heterocycles. The van der Waals surface area contributed by atoms with Crippen molar-refractivity contribution in [3.05, 3.63) is 23.6 Å². The smallest absolute Gasteiger partial charge is 0.338 e. The van der Waals surface area contributed by atoms with Gasteiger partial charge in [-0.25, -0.2) is 14.2 Å². The van der Waals surface area contributed by atoms with Crippen LogP contribution in [0.4, 0.5) is 10.2 Å². The Hall–Kier alpha value is -1.50. The molecule has 1 aromatic heterocycles. The van der Waals surface area contributed by atoms with Crippen molar-refractivity contribution in [2.45, 2.75) is 0 Å². The molecule has 0 aliphatic carbocycles. The third-order valence-corrected chi connectivity index (χ3v) is 3.85. The maximum atomic E-state index is 13.8. The van der Waals surface area contributed by atoms with Crippen molar-refractivity contribution in [1.29, 1.82) is 0 Å². The van der Waals surface area contributed by atoms with Crippen LogP contribution >= 0.6 is 0 Å². The largest absolute Gasteiger partial charge is 0.478 e. The summed E-state index contributed by atoms with van der Waals surface area (Å²) in [6.07, 6.45) is 1.27. The van der Waals surface area contributed by atoms with E-state index in [4.69, 9.17) is 5.11 Å². The number of anilines is 1. The molecule has 2 heterocycles. The second kappa shape index (κ2) is 4.79. The highest BCUT2D eigenvalue weighted by atomic mass is 32.2. The van der Waals surface area contributed by atoms with Gasteiger partial charge in [-0.2, -0.15) is 0 Å². The summed E-state index contributed by atoms with van der Waals surface area (Å²) in [5, 5.41) is 8.80. The Morgan fingerprint density at radius 2 is 2.12 bits per heavy atom. The van der Waals surface area contributed by atoms with Gasteiger partial charge in [-0.05, 0) is 6.07 Å². The maximum absolute atomic E-state index is 13.8. The summed E-state index contributed by atoms with van der Waals surface area (Å²) in [5.41, 5.74) is -0.387. The topological polar surface area (TPSA) is 70.5 Å². The summed E-state index contributed by atoms with van der Waals surface area (Å²) in [6, 6.07) is 1.13. The average molecular weight is 258 g/mol. The number of pyridine rings is 1. The van der Waals surface area contributed by atoms with Crippen molar-refractivity contribution in [3.63, 3.8) is 0 Å². The van der Waals surface area contributed by atoms with E-state index in [0.717, 1.165) is 6.07 Å². The van der Waals surface area contributed by atoms with Crippen LogP contribution in [0.5, 0.6) is 0 Å². The second-order valence-corrected chi connectivity index (χ2v) is 5.33. The van der Waals surface area contributed by atoms with Crippen LogP contribution < -0.4 is 4.90 Å². The van der Waals surface area contributed by atoms with Gasteiger partial charge in [0.05, 0.1) is 0 Å². The van der Waals surface area contributed by atoms with Crippen LogP contribution in [0.25, 0.3) is 0 Å². The number of halogens is 1. The van der Waals surface area contributed by atoms with Crippen LogP contribution in [0, 0.1) is 5.82 Å². The van der Waals surface area contributed by atoms with Crippen molar-refractivity contribution < 1.29 is 18.5 Å². The number of carboxylic acids is 1. The third kappa shape index (κ3) is 2.44. The number of rotatable bonds is 2. The van der Waals surface area contributed by atoms with E-state index in [0.29, 0.717) is 24.6 Å². The molecule has 0 unspecified atom stereocenters. The Morgan fingerprint density at radius 1 is 1.47 bits per heavy atom. The highest BCUT2D eigenvalue weighted by Crippen LogP contribution is 2.20. The van der Waals surface area contributed by atoms with Gasteiger partial charge in [0.1, 0.15) is 5.56 Å². The molecule has 1 fully saturated rings. The lowest BCUT2D eigenvalue weighted by Gasteiger charge is -2.27. The van der Waals surface area contributed by atoms with Crippen LogP contribution in [0.3, 0.4) is 0 Å². The van der Waals surface area contributed by atoms with Crippen LogP contribution in [0.15, 0.2) is 12.3 Å². The van der Waals surface area contributed by atoms with Crippen molar-refractivity contribution in [1.82, 2.24) is 4.98 Å². The molecule has 1 saturated heterocycles. The predicted octanol–water partition coefficient (Wildman–Crippen LogP) is 0.488. The van der Waals surface area contributed by atoms with Crippen LogP contribution in [0.1, 0.15) is 10.4 Å². The van der Waals surface area contributed by atoms with E-state index in [9.17, 15) is 13.4 Å². The molecule has 1 aliphatic rings. The number of carboxylic acid groups (broad SMARTS) is 1. The Balaban J connectivity index is 2.30. The van der Waals surface area contributed by atoms with Crippen LogP contribution in [-0.2, 0) is 10.8 Å². The summed E-state index contributed by atoms with van der Waals surface area (Å²) < 4.78 is 25.0. The molecule has 0 bridgehead atoms. The molecule has 92 valence electrons. The van der Waals surface area contributed by atoms with E-state index in [2.05, 4.69) is 4.98 Å². The van der Waals surface area contributed by atoms with Crippen molar-refractivity contribution in [2.24, 2.45) is 0 Å². The van der Waals surface area contributed by atoms with Gasteiger partial charge >= 0.3 is 5.97 Å². The van der Waals surface area contributed by atoms with E-state index in [1.165, 1.54) is 6.20 Å². The number of aromatic carboxylic acids is 1. The van der Waals surface area contributed by atoms with Gasteiger partial charge in [-0.3, -0.25) is 4.21 Å². The number of hydrogen-bond acceptors (Lipinski definition) is 4. The monoisotopic (exact) mass is 258 g/mol. The normalized spacial score (nSPS) is 17.1. The first-order chi connectivity index (χ1) is 8.09. The molecule has 17 heavy (non-hydrogen) atoms. The lowest BCUT2D eigenvalue weighted by atomic mass is 10.2. The maximum Gasteiger partial charge on any atom is 0.338 e. The summed E-state index contributed by atoms with van der Waals surface area (Å²) in [5.74, 6) is -1.20. The van der Waals surface area contributed by atoms with E-state index in [1.807, 2.05) is 0 Å². The standard InChI is InChI=1S/C10H11FN2O3S/c11-8-7(10(14)15)1-2-12-9(8)13-3-5-17(16)6-4-13/h1-2H,3-6H2,(H,14,15). The lowest BCUT2D eigenvalue weighted by Crippen LogP contribution is -2.39. The number of aromatic nitrogens is 1. The quantitative estimate of drug-likeness (QED) is 0.836. The minimum atomic E-state index is -1.31. The van der Waals surface area contributed by atoms with Gasteiger partial charge in [0.2, 0.25) is 0 Å². The van der Waals surface area contributed by atoms with Gasteiger partial charge in [0.25, 0.3) is 0 Å². The number of nitrogens with zero attached hydrogens (tertiary/aromatic N) is 2. The molecule has 0 radical (unpaired) electrons. The molecule has 1 N–H and O–H groups in total. The zero-order chi connectivity index (χ0) is 12.4. The van der Waals surface area contributed by atoms with E-state index < -0.39 is 22.6 Å². The Bertz CT molecular complexity index is 471. The van der Waals surface area contributed by atoms with Crippen molar-refractivity contribution >= 4 is 22.6 Å². The second-order valence-electron chi connectivity index (χ2n) is 3.64. The number of carbonyl (C=O) groups is 1. The molecule has 0 saturated carbocycles. The molecule has 0 atom stereocenters. The fraction of sp³-hybridized carbons (Fsp3) is 0.400. The number of hydrogen-bond donors (Lipinski definition) is 1. The predicted molar refractivity (Wildman–Crippen MR) is 61.2 cm³/mol. The van der Waals surface area contributed by atoms with Crippen molar-refractivity contribution in [3.8, 4) is 0 Å². The molecule has 0 spiro atoms. The molecule has 0 aromatic carbocycles. The summed E-state index contributed by atoms with van der Waals surface area (Å²) >= 11 is 0. The fourth-order valence-electron chi connectivity index (χ4n) is 1.67. The first kappa shape index (κ1) is 12.0. The van der Waals surface area contributed by atoms with Crippen LogP contribution in [0.2, 0.25) is 0 Å². The highest BCUT2D eigenvalue weighted by Gasteiger charge is 2.22. The lowest BCUT2D eigenvalue weighted by molar-refractivity contribution is 0.0691. The Labute approximate surface area is 99.7 Å². The minimum Gasteiger partial charge on any atom is -0.478 e. The summed E-state index contributed by atoms with van der Waals surface area (Å²) in [4.78, 5) is 16.3. The molecular weight excluding hydrogens is 247 g/mol. The molecule has 0 amide bonds. The van der Waals surface area contributed by atoms with Crippen molar-refractivity contribution in [2.75, 3.05) is 29.5 Å². The summed E-state index contributed by atoms with van der Waals surface area (Å²) in [7, 11) is -0.864. The van der Waals surface area contributed by atoms with E-state index in [-0.39, 0.29) is 11.4 Å². The Morgan fingerprint density at radius 3 is 2.71 bits per heavy atom. The molecular formula is C10H11FN2O3S. The third-order valence-electron chi connectivity index (χ3n) is 2.58. The average Bonchev–Trinajstić information content (AvgIpc) is 2.30. The molecule has 5 nitrogen and oxygen atoms in total. The van der Waals surface area contributed by atoms with Crippen LogP contribution in [-0.4, -0.2) is 44.9 Å². The molecule has 1 aromatic rings. The fourth-order valence-corrected chi connectivity index (χ4v) is 2.72.